The Labute approximate surface area is 114 Å². The average Bonchev–Trinajstić information content (AvgIpc) is 2.25. The molecule has 0 radical (unpaired) electrons. The molecule has 0 aliphatic rings. The van der Waals surface area contributed by atoms with Gasteiger partial charge in [0.1, 0.15) is 0 Å². The summed E-state index contributed by atoms with van der Waals surface area (Å²) >= 11 is 0.750. The third kappa shape index (κ3) is 132. The van der Waals surface area contributed by atoms with Crippen LogP contribution in [0, 0.1) is 13.8 Å². The van der Waals surface area contributed by atoms with Crippen molar-refractivity contribution < 1.29 is 33.9 Å². The minimum absolute atomic E-state index is 0. The van der Waals surface area contributed by atoms with Gasteiger partial charge < -0.3 is 24.1 Å². The molecule has 0 saturated heterocycles. The van der Waals surface area contributed by atoms with Gasteiger partial charge in [-0.05, 0) is 12.8 Å². The number of unbranched alkanes of at least 4 members (excludes halogenated alkanes) is 2. The molecule has 0 saturated carbocycles. The van der Waals surface area contributed by atoms with Crippen molar-refractivity contribution in [1.82, 2.24) is 0 Å². The summed E-state index contributed by atoms with van der Waals surface area (Å²) < 4.78 is 8.25. The predicted octanol–water partition coefficient (Wildman–Crippen LogP) is 3.12. The van der Waals surface area contributed by atoms with Gasteiger partial charge in [0.25, 0.3) is 0 Å². The number of aliphatic hydroxyl groups excluding tert-OH is 2. The fourth-order valence-electron chi connectivity index (χ4n) is 0.316. The Morgan fingerprint density at radius 3 is 1.12 bits per heavy atom. The first kappa shape index (κ1) is 29.9. The Morgan fingerprint density at radius 1 is 0.938 bits per heavy atom. The maximum atomic E-state index is 8.25. The quantitative estimate of drug-likeness (QED) is 0.609. The number of rotatable bonds is 4. The van der Waals surface area contributed by atoms with Gasteiger partial charge in [-0.1, -0.05) is 26.7 Å². The van der Waals surface area contributed by atoms with Crippen LogP contribution in [0.2, 0.25) is 0 Å². The summed E-state index contributed by atoms with van der Waals surface area (Å²) in [6, 6.07) is 0. The van der Waals surface area contributed by atoms with Crippen molar-refractivity contribution in [3.8, 4) is 0 Å². The number of hydrogen-bond acceptors (Lipinski definition) is 3. The van der Waals surface area contributed by atoms with Crippen LogP contribution in [0.3, 0.4) is 0 Å². The van der Waals surface area contributed by atoms with Crippen molar-refractivity contribution in [2.45, 2.75) is 53.4 Å². The van der Waals surface area contributed by atoms with E-state index in [-0.39, 0.29) is 7.43 Å². The molecule has 0 aromatic rings. The molecule has 0 bridgehead atoms. The van der Waals surface area contributed by atoms with E-state index in [0.29, 0.717) is 13.2 Å². The molecule has 0 unspecified atom stereocenters. The van der Waals surface area contributed by atoms with Crippen LogP contribution >= 0.6 is 0 Å². The van der Waals surface area contributed by atoms with E-state index in [1.165, 1.54) is 0 Å². The summed E-state index contributed by atoms with van der Waals surface area (Å²) in [5.74, 6) is 0. The van der Waals surface area contributed by atoms with Crippen LogP contribution in [0.1, 0.15) is 53.4 Å². The molecule has 0 atom stereocenters. The third-order valence-corrected chi connectivity index (χ3v) is 1.02. The van der Waals surface area contributed by atoms with Crippen LogP contribution in [0.15, 0.2) is 0 Å². The Hall–Kier alpha value is 0.434. The Kier molecular flexibility index (Phi) is 109. The number of hydrogen-bond donors (Lipinski definition) is 2. The second-order valence-corrected chi connectivity index (χ2v) is 2.73. The van der Waals surface area contributed by atoms with Gasteiger partial charge in [-0.3, -0.25) is 0 Å². The second-order valence-electron chi connectivity index (χ2n) is 2.73. The average molecular weight is 270 g/mol. The summed E-state index contributed by atoms with van der Waals surface area (Å²) in [4.78, 5) is 0. The van der Waals surface area contributed by atoms with Crippen LogP contribution in [0.25, 0.3) is 0 Å². The molecule has 0 aromatic carbocycles. The molecule has 0 fully saturated rings. The zero-order valence-corrected chi connectivity index (χ0v) is 13.2. The molecule has 0 rings (SSSR count). The van der Waals surface area contributed by atoms with Crippen LogP contribution in [0.5, 0.6) is 0 Å². The van der Waals surface area contributed by atoms with Gasteiger partial charge in [0.15, 0.2) is 0 Å². The Morgan fingerprint density at radius 2 is 1.12 bits per heavy atom. The van der Waals surface area contributed by atoms with Crippen molar-refractivity contribution in [3.05, 3.63) is 13.8 Å². The monoisotopic (exact) mass is 270 g/mol. The molecule has 2 N–H and O–H groups in total. The van der Waals surface area contributed by atoms with E-state index in [9.17, 15) is 0 Å². The van der Waals surface area contributed by atoms with Crippen LogP contribution in [0.4, 0.5) is 0 Å². The SMILES string of the molecule is CCCCO.CCCCO.C[CH-]C.[CH3-].[O]=[Ti+2]. The van der Waals surface area contributed by atoms with E-state index in [1.807, 2.05) is 20.3 Å². The minimum atomic E-state index is 0. The van der Waals surface area contributed by atoms with E-state index in [1.54, 1.807) is 0 Å². The molecule has 100 valence electrons. The van der Waals surface area contributed by atoms with Crippen molar-refractivity contribution in [1.29, 1.82) is 0 Å². The van der Waals surface area contributed by atoms with Gasteiger partial charge in [0, 0.05) is 13.2 Å². The van der Waals surface area contributed by atoms with Gasteiger partial charge in [-0.2, -0.15) is 13.8 Å². The van der Waals surface area contributed by atoms with Crippen molar-refractivity contribution >= 4 is 0 Å². The van der Waals surface area contributed by atoms with Crippen molar-refractivity contribution in [3.63, 3.8) is 0 Å². The molecule has 16 heavy (non-hydrogen) atoms. The zero-order chi connectivity index (χ0) is 12.9. The Bertz CT molecular complexity index is 54.2. The molecule has 3 nitrogen and oxygen atoms in total. The third-order valence-electron chi connectivity index (χ3n) is 1.02. The summed E-state index contributed by atoms with van der Waals surface area (Å²) in [6.45, 7) is 8.79. The molecule has 0 heterocycles. The molecule has 0 amide bonds. The molecular weight excluding hydrogens is 240 g/mol. The standard InChI is InChI=1S/2C4H10O.C3H7.CH3.O.Ti/c2*1-2-3-4-5;1-3-2;;;/h2*5H,2-4H2,1H3;3H,1-2H3;1H3;;/q;;2*-1;;+2. The fraction of sp³-hybridized carbons (Fsp3) is 0.833. The molecular formula is C12H30O3Ti. The first-order chi connectivity index (χ1) is 7.24. The van der Waals surface area contributed by atoms with Crippen molar-refractivity contribution in [2.75, 3.05) is 13.2 Å². The van der Waals surface area contributed by atoms with Crippen LogP contribution in [-0.2, 0) is 23.7 Å². The molecule has 4 heteroatoms. The van der Waals surface area contributed by atoms with Gasteiger partial charge in [0.05, 0.1) is 0 Å². The summed E-state index contributed by atoms with van der Waals surface area (Å²) in [6.07, 6.45) is 6.08. The molecule has 0 aromatic heterocycles. The van der Waals surface area contributed by atoms with Crippen molar-refractivity contribution in [2.24, 2.45) is 0 Å². The van der Waals surface area contributed by atoms with E-state index in [4.69, 9.17) is 13.5 Å². The Balaban J connectivity index is -0.0000000349. The van der Waals surface area contributed by atoms with Gasteiger partial charge in [0.2, 0.25) is 0 Å². The topological polar surface area (TPSA) is 57.5 Å². The maximum absolute atomic E-state index is 8.25. The summed E-state index contributed by atoms with van der Waals surface area (Å²) in [5, 5.41) is 16.1. The van der Waals surface area contributed by atoms with Gasteiger partial charge >= 0.3 is 23.7 Å². The van der Waals surface area contributed by atoms with E-state index >= 15 is 0 Å². The predicted molar refractivity (Wildman–Crippen MR) is 66.7 cm³/mol. The van der Waals surface area contributed by atoms with E-state index < -0.39 is 0 Å². The van der Waals surface area contributed by atoms with Gasteiger partial charge in [-0.25, -0.2) is 0 Å². The zero-order valence-electron chi connectivity index (χ0n) is 11.6. The summed E-state index contributed by atoms with van der Waals surface area (Å²) in [7, 11) is 0. The summed E-state index contributed by atoms with van der Waals surface area (Å²) in [5.41, 5.74) is 0. The molecule has 0 aliphatic carbocycles. The van der Waals surface area contributed by atoms with E-state index in [0.717, 1.165) is 46.1 Å². The second kappa shape index (κ2) is 58.2. The normalized spacial score (nSPS) is 6.75. The first-order valence-corrected chi connectivity index (χ1v) is 6.04. The first-order valence-electron chi connectivity index (χ1n) is 5.41. The van der Waals surface area contributed by atoms with Crippen LogP contribution in [-0.4, -0.2) is 23.4 Å². The molecule has 0 aliphatic heterocycles. The molecule has 0 spiro atoms. The number of aliphatic hydroxyl groups is 2. The fourth-order valence-corrected chi connectivity index (χ4v) is 0.316. The van der Waals surface area contributed by atoms with Crippen LogP contribution < -0.4 is 0 Å². The van der Waals surface area contributed by atoms with Gasteiger partial charge in [-0.15, -0.1) is 0 Å². The van der Waals surface area contributed by atoms with E-state index in [2.05, 4.69) is 13.8 Å².